The molecule has 2 aromatic rings. The van der Waals surface area contributed by atoms with E-state index >= 15 is 0 Å². The van der Waals surface area contributed by atoms with E-state index in [4.69, 9.17) is 0 Å². The zero-order chi connectivity index (χ0) is 14.0. The lowest BCUT2D eigenvalue weighted by molar-refractivity contribution is -0.0891. The zero-order valence-corrected chi connectivity index (χ0v) is 11.1. The van der Waals surface area contributed by atoms with E-state index < -0.39 is 17.8 Å². The molecule has 2 heterocycles. The fourth-order valence-corrected chi connectivity index (χ4v) is 1.63. The third-order valence-electron chi connectivity index (χ3n) is 2.72. The molecule has 0 radical (unpaired) electrons. The fourth-order valence-electron chi connectivity index (χ4n) is 1.63. The van der Waals surface area contributed by atoms with Crippen LogP contribution in [-0.4, -0.2) is 26.9 Å². The number of aromatic nitrogens is 3. The number of Topliss-reactive ketones (excluding diaryl/α,β-unsaturated/α-hetero) is 1. The number of imidazole rings is 1. The van der Waals surface area contributed by atoms with Crippen molar-refractivity contribution in [2.24, 2.45) is 0 Å². The van der Waals surface area contributed by atoms with E-state index in [9.17, 15) is 18.0 Å². The van der Waals surface area contributed by atoms with E-state index in [2.05, 4.69) is 15.0 Å². The molecule has 2 rings (SSSR count). The Kier molecular flexibility index (Phi) is 4.88. The van der Waals surface area contributed by atoms with Gasteiger partial charge in [-0.25, -0.2) is 4.98 Å². The summed E-state index contributed by atoms with van der Waals surface area (Å²) in [5.41, 5.74) is 1.23. The molecule has 108 valence electrons. The SMILES string of the molecule is C[C@H](c1ccncc1)c1c[nH]c(C(=O)C(F)(F)F)n1.Cl. The van der Waals surface area contributed by atoms with Crippen molar-refractivity contribution >= 4 is 18.2 Å². The van der Waals surface area contributed by atoms with Crippen LogP contribution in [0.1, 0.15) is 34.7 Å². The second-order valence-electron chi connectivity index (χ2n) is 4.00. The van der Waals surface area contributed by atoms with Crippen molar-refractivity contribution in [1.29, 1.82) is 0 Å². The van der Waals surface area contributed by atoms with E-state index in [-0.39, 0.29) is 18.3 Å². The third kappa shape index (κ3) is 3.36. The maximum absolute atomic E-state index is 12.3. The normalized spacial score (nSPS) is 12.6. The molecule has 0 aromatic carbocycles. The highest BCUT2D eigenvalue weighted by atomic mass is 35.5. The average Bonchev–Trinajstić information content (AvgIpc) is 2.86. The van der Waals surface area contributed by atoms with Crippen molar-refractivity contribution in [3.05, 3.63) is 47.8 Å². The number of carbonyl (C=O) groups is 1. The summed E-state index contributed by atoms with van der Waals surface area (Å²) in [5, 5.41) is 0. The van der Waals surface area contributed by atoms with Gasteiger partial charge in [-0.2, -0.15) is 13.2 Å². The number of aromatic amines is 1. The summed E-state index contributed by atoms with van der Waals surface area (Å²) in [6.07, 6.45) is -0.445. The number of nitrogens with one attached hydrogen (secondary N) is 1. The maximum atomic E-state index is 12.3. The first-order valence-electron chi connectivity index (χ1n) is 5.46. The molecule has 2 aromatic heterocycles. The largest absolute Gasteiger partial charge is 0.458 e. The summed E-state index contributed by atoms with van der Waals surface area (Å²) in [6, 6.07) is 3.48. The summed E-state index contributed by atoms with van der Waals surface area (Å²) in [4.78, 5) is 20.8. The van der Waals surface area contributed by atoms with Crippen LogP contribution in [0, 0.1) is 0 Å². The summed E-state index contributed by atoms with van der Waals surface area (Å²) in [5.74, 6) is -2.89. The van der Waals surface area contributed by atoms with E-state index in [0.29, 0.717) is 5.69 Å². The van der Waals surface area contributed by atoms with Gasteiger partial charge in [0.15, 0.2) is 5.82 Å². The summed E-state index contributed by atoms with van der Waals surface area (Å²) < 4.78 is 36.8. The molecule has 0 unspecified atom stereocenters. The van der Waals surface area contributed by atoms with Crippen molar-refractivity contribution in [2.75, 3.05) is 0 Å². The molecule has 8 heteroatoms. The molecule has 0 fully saturated rings. The van der Waals surface area contributed by atoms with Crippen LogP contribution in [0.4, 0.5) is 13.2 Å². The van der Waals surface area contributed by atoms with Gasteiger partial charge in [-0.1, -0.05) is 6.92 Å². The minimum absolute atomic E-state index is 0. The second-order valence-corrected chi connectivity index (χ2v) is 4.00. The van der Waals surface area contributed by atoms with Gasteiger partial charge < -0.3 is 4.98 Å². The molecule has 1 atom stereocenters. The Morgan fingerprint density at radius 3 is 2.45 bits per heavy atom. The van der Waals surface area contributed by atoms with Gasteiger partial charge in [-0.3, -0.25) is 9.78 Å². The Labute approximate surface area is 118 Å². The Hall–Kier alpha value is -1.89. The molecule has 4 nitrogen and oxygen atoms in total. The smallest absolute Gasteiger partial charge is 0.342 e. The van der Waals surface area contributed by atoms with Gasteiger partial charge in [0.1, 0.15) is 0 Å². The number of carbonyl (C=O) groups excluding carboxylic acids is 1. The monoisotopic (exact) mass is 305 g/mol. The molecule has 0 aliphatic heterocycles. The second kappa shape index (κ2) is 6.04. The van der Waals surface area contributed by atoms with Crippen LogP contribution in [0.15, 0.2) is 30.7 Å². The van der Waals surface area contributed by atoms with Crippen LogP contribution in [0.5, 0.6) is 0 Å². The van der Waals surface area contributed by atoms with E-state index in [0.717, 1.165) is 5.56 Å². The zero-order valence-electron chi connectivity index (χ0n) is 10.3. The first kappa shape index (κ1) is 16.2. The Balaban J connectivity index is 0.00000200. The van der Waals surface area contributed by atoms with Crippen LogP contribution >= 0.6 is 12.4 Å². The predicted octanol–water partition coefficient (Wildman–Crippen LogP) is 3.12. The third-order valence-corrected chi connectivity index (χ3v) is 2.72. The van der Waals surface area contributed by atoms with Crippen LogP contribution in [0.2, 0.25) is 0 Å². The Morgan fingerprint density at radius 1 is 1.30 bits per heavy atom. The van der Waals surface area contributed by atoms with Gasteiger partial charge in [0.05, 0.1) is 5.69 Å². The number of H-pyrrole nitrogens is 1. The quantitative estimate of drug-likeness (QED) is 0.886. The van der Waals surface area contributed by atoms with Gasteiger partial charge in [0.2, 0.25) is 0 Å². The van der Waals surface area contributed by atoms with Crippen molar-refractivity contribution < 1.29 is 18.0 Å². The number of pyridine rings is 1. The van der Waals surface area contributed by atoms with Crippen LogP contribution in [0.3, 0.4) is 0 Å². The van der Waals surface area contributed by atoms with Crippen molar-refractivity contribution in [2.45, 2.75) is 19.0 Å². The number of hydrogen-bond donors (Lipinski definition) is 1. The van der Waals surface area contributed by atoms with E-state index in [1.54, 1.807) is 31.5 Å². The average molecular weight is 306 g/mol. The number of rotatable bonds is 3. The van der Waals surface area contributed by atoms with E-state index in [1.807, 2.05) is 0 Å². The van der Waals surface area contributed by atoms with Crippen molar-refractivity contribution in [3.8, 4) is 0 Å². The highest BCUT2D eigenvalue weighted by molar-refractivity contribution is 5.97. The van der Waals surface area contributed by atoms with Crippen molar-refractivity contribution in [1.82, 2.24) is 15.0 Å². The number of alkyl halides is 3. The molecule has 20 heavy (non-hydrogen) atoms. The summed E-state index contributed by atoms with van der Waals surface area (Å²) in [7, 11) is 0. The van der Waals surface area contributed by atoms with Gasteiger partial charge in [-0.15, -0.1) is 12.4 Å². The lowest BCUT2D eigenvalue weighted by Crippen LogP contribution is -2.24. The standard InChI is InChI=1S/C12H10F3N3O.ClH/c1-7(8-2-4-16-5-3-8)9-6-17-11(18-9)10(19)12(13,14)15;/h2-7H,1H3,(H,17,18);1H/t7-;/m1./s1. The number of nitrogens with zero attached hydrogens (tertiary/aromatic N) is 2. The predicted molar refractivity (Wildman–Crippen MR) is 68.0 cm³/mol. The molecular weight excluding hydrogens is 295 g/mol. The molecular formula is C12H11ClF3N3O. The first-order chi connectivity index (χ1) is 8.89. The molecule has 0 aliphatic carbocycles. The number of hydrogen-bond acceptors (Lipinski definition) is 3. The van der Waals surface area contributed by atoms with Gasteiger partial charge >= 0.3 is 12.0 Å². The number of ketones is 1. The highest BCUT2D eigenvalue weighted by Gasteiger charge is 2.41. The summed E-state index contributed by atoms with van der Waals surface area (Å²) in [6.45, 7) is 1.79. The van der Waals surface area contributed by atoms with Gasteiger partial charge in [-0.05, 0) is 17.7 Å². The maximum Gasteiger partial charge on any atom is 0.458 e. The van der Waals surface area contributed by atoms with E-state index in [1.165, 1.54) is 6.20 Å². The van der Waals surface area contributed by atoms with Crippen molar-refractivity contribution in [3.63, 3.8) is 0 Å². The molecule has 0 spiro atoms. The van der Waals surface area contributed by atoms with Crippen LogP contribution in [-0.2, 0) is 0 Å². The first-order valence-corrected chi connectivity index (χ1v) is 5.46. The molecule has 0 bridgehead atoms. The minimum Gasteiger partial charge on any atom is -0.342 e. The molecule has 0 amide bonds. The van der Waals surface area contributed by atoms with Gasteiger partial charge in [0, 0.05) is 24.5 Å². The number of halogens is 4. The molecule has 0 aliphatic rings. The molecule has 0 saturated carbocycles. The lowest BCUT2D eigenvalue weighted by Gasteiger charge is -2.07. The lowest BCUT2D eigenvalue weighted by atomic mass is 10.00. The Morgan fingerprint density at radius 2 is 1.90 bits per heavy atom. The minimum atomic E-state index is -4.92. The topological polar surface area (TPSA) is 58.6 Å². The Bertz CT molecular complexity index is 583. The molecule has 1 N–H and O–H groups in total. The van der Waals surface area contributed by atoms with Crippen LogP contribution < -0.4 is 0 Å². The molecule has 0 saturated heterocycles. The summed E-state index contributed by atoms with van der Waals surface area (Å²) >= 11 is 0. The van der Waals surface area contributed by atoms with Gasteiger partial charge in [0.25, 0.3) is 0 Å². The fraction of sp³-hybridized carbons (Fsp3) is 0.250. The van der Waals surface area contributed by atoms with Crippen LogP contribution in [0.25, 0.3) is 0 Å². The highest BCUT2D eigenvalue weighted by Crippen LogP contribution is 2.24.